The van der Waals surface area contributed by atoms with Crippen LogP contribution in [0, 0.1) is 5.92 Å². The van der Waals surface area contributed by atoms with Crippen LogP contribution in [0.2, 0.25) is 0 Å². The van der Waals surface area contributed by atoms with Crippen molar-refractivity contribution in [1.82, 2.24) is 5.32 Å². The molecule has 1 nitrogen and oxygen atoms in total. The molecule has 1 heteroatoms. The highest BCUT2D eigenvalue weighted by molar-refractivity contribution is 4.85. The van der Waals surface area contributed by atoms with Crippen LogP contribution in [0.4, 0.5) is 0 Å². The Kier molecular flexibility index (Phi) is 6.61. The zero-order chi connectivity index (χ0) is 7.82. The van der Waals surface area contributed by atoms with E-state index in [0.717, 1.165) is 18.9 Å². The molecular formula is C9H19N. The molecule has 0 aromatic carbocycles. The normalized spacial score (nSPS) is 14.3. The Labute approximate surface area is 64.5 Å². The maximum Gasteiger partial charge on any atom is -0.00173 e. The van der Waals surface area contributed by atoms with Gasteiger partial charge in [-0.2, -0.15) is 0 Å². The molecule has 0 aliphatic carbocycles. The van der Waals surface area contributed by atoms with Crippen molar-refractivity contribution in [3.63, 3.8) is 0 Å². The van der Waals surface area contributed by atoms with Gasteiger partial charge in [-0.15, -0.1) is 0 Å². The minimum absolute atomic E-state index is 0.747. The van der Waals surface area contributed by atoms with Gasteiger partial charge in [-0.1, -0.05) is 32.4 Å². The SMILES string of the molecule is CCC(C)/C=C/CCNC. The van der Waals surface area contributed by atoms with Gasteiger partial charge in [0.05, 0.1) is 0 Å². The average molecular weight is 141 g/mol. The smallest absolute Gasteiger partial charge is 0.00173 e. The van der Waals surface area contributed by atoms with Gasteiger partial charge >= 0.3 is 0 Å². The van der Waals surface area contributed by atoms with Crippen molar-refractivity contribution in [3.8, 4) is 0 Å². The molecule has 0 aliphatic rings. The van der Waals surface area contributed by atoms with E-state index >= 15 is 0 Å². The predicted octanol–water partition coefficient (Wildman–Crippen LogP) is 2.20. The number of nitrogens with one attached hydrogen (secondary N) is 1. The number of allylic oxidation sites excluding steroid dienone is 1. The molecule has 60 valence electrons. The van der Waals surface area contributed by atoms with Gasteiger partial charge in [0.1, 0.15) is 0 Å². The van der Waals surface area contributed by atoms with Crippen LogP contribution in [0.3, 0.4) is 0 Å². The predicted molar refractivity (Wildman–Crippen MR) is 47.1 cm³/mol. The lowest BCUT2D eigenvalue weighted by molar-refractivity contribution is 0.692. The van der Waals surface area contributed by atoms with Crippen LogP contribution >= 0.6 is 0 Å². The number of rotatable bonds is 5. The fourth-order valence-electron chi connectivity index (χ4n) is 0.692. The quantitative estimate of drug-likeness (QED) is 0.457. The molecule has 0 radical (unpaired) electrons. The third kappa shape index (κ3) is 5.83. The molecule has 0 saturated carbocycles. The Morgan fingerprint density at radius 3 is 2.70 bits per heavy atom. The highest BCUT2D eigenvalue weighted by atomic mass is 14.8. The lowest BCUT2D eigenvalue weighted by Gasteiger charge is -1.98. The van der Waals surface area contributed by atoms with Crippen molar-refractivity contribution < 1.29 is 0 Å². The zero-order valence-electron chi connectivity index (χ0n) is 7.35. The molecule has 0 saturated heterocycles. The van der Waals surface area contributed by atoms with E-state index in [4.69, 9.17) is 0 Å². The highest BCUT2D eigenvalue weighted by Crippen LogP contribution is 2.01. The standard InChI is InChI=1S/C9H19N/c1-4-9(2)7-5-6-8-10-3/h5,7,9-10H,4,6,8H2,1-3H3/b7-5+. The summed E-state index contributed by atoms with van der Waals surface area (Å²) in [6, 6.07) is 0. The Bertz CT molecular complexity index is 86.7. The first-order chi connectivity index (χ1) is 4.81. The Balaban J connectivity index is 3.18. The lowest BCUT2D eigenvalue weighted by Crippen LogP contribution is -2.05. The second kappa shape index (κ2) is 6.81. The molecule has 0 heterocycles. The summed E-state index contributed by atoms with van der Waals surface area (Å²) in [6.07, 6.45) is 6.94. The number of hydrogen-bond acceptors (Lipinski definition) is 1. The van der Waals surface area contributed by atoms with E-state index in [0.29, 0.717) is 0 Å². The van der Waals surface area contributed by atoms with Gasteiger partial charge in [0.25, 0.3) is 0 Å². The fourth-order valence-corrected chi connectivity index (χ4v) is 0.692. The lowest BCUT2D eigenvalue weighted by atomic mass is 10.1. The molecular weight excluding hydrogens is 122 g/mol. The van der Waals surface area contributed by atoms with Gasteiger partial charge in [0.15, 0.2) is 0 Å². The third-order valence-corrected chi connectivity index (χ3v) is 1.67. The van der Waals surface area contributed by atoms with Crippen LogP contribution in [-0.4, -0.2) is 13.6 Å². The monoisotopic (exact) mass is 141 g/mol. The van der Waals surface area contributed by atoms with E-state index in [1.54, 1.807) is 0 Å². The first-order valence-corrected chi connectivity index (χ1v) is 4.12. The van der Waals surface area contributed by atoms with E-state index in [1.165, 1.54) is 6.42 Å². The Hall–Kier alpha value is -0.300. The molecule has 0 aromatic rings. The number of hydrogen-bond donors (Lipinski definition) is 1. The van der Waals surface area contributed by atoms with E-state index in [-0.39, 0.29) is 0 Å². The molecule has 0 aliphatic heterocycles. The van der Waals surface area contributed by atoms with Crippen molar-refractivity contribution in [2.24, 2.45) is 5.92 Å². The van der Waals surface area contributed by atoms with Crippen LogP contribution in [0.1, 0.15) is 26.7 Å². The van der Waals surface area contributed by atoms with E-state index in [1.807, 2.05) is 7.05 Å². The Morgan fingerprint density at radius 1 is 1.50 bits per heavy atom. The summed E-state index contributed by atoms with van der Waals surface area (Å²) < 4.78 is 0. The summed E-state index contributed by atoms with van der Waals surface area (Å²) in [5.41, 5.74) is 0. The van der Waals surface area contributed by atoms with Gasteiger partial charge in [-0.25, -0.2) is 0 Å². The molecule has 0 aromatic heterocycles. The first kappa shape index (κ1) is 9.70. The minimum atomic E-state index is 0.747. The molecule has 0 fully saturated rings. The summed E-state index contributed by atoms with van der Waals surface area (Å²) in [4.78, 5) is 0. The maximum atomic E-state index is 3.11. The summed E-state index contributed by atoms with van der Waals surface area (Å²) >= 11 is 0. The first-order valence-electron chi connectivity index (χ1n) is 4.12. The van der Waals surface area contributed by atoms with Crippen LogP contribution in [0.15, 0.2) is 12.2 Å². The van der Waals surface area contributed by atoms with Gasteiger partial charge < -0.3 is 5.32 Å². The third-order valence-electron chi connectivity index (χ3n) is 1.67. The van der Waals surface area contributed by atoms with Gasteiger partial charge in [-0.3, -0.25) is 0 Å². The molecule has 0 amide bonds. The summed E-state index contributed by atoms with van der Waals surface area (Å²) in [5, 5.41) is 3.11. The molecule has 1 atom stereocenters. The Morgan fingerprint density at radius 2 is 2.20 bits per heavy atom. The molecule has 0 bridgehead atoms. The fraction of sp³-hybridized carbons (Fsp3) is 0.778. The van der Waals surface area contributed by atoms with Crippen molar-refractivity contribution in [3.05, 3.63) is 12.2 Å². The van der Waals surface area contributed by atoms with Crippen molar-refractivity contribution in [2.75, 3.05) is 13.6 Å². The minimum Gasteiger partial charge on any atom is -0.319 e. The van der Waals surface area contributed by atoms with Crippen LogP contribution in [0.25, 0.3) is 0 Å². The summed E-state index contributed by atoms with van der Waals surface area (Å²) in [7, 11) is 1.98. The van der Waals surface area contributed by atoms with Gasteiger partial charge in [0.2, 0.25) is 0 Å². The second-order valence-electron chi connectivity index (χ2n) is 2.71. The summed E-state index contributed by atoms with van der Waals surface area (Å²) in [6.45, 7) is 5.55. The molecule has 10 heavy (non-hydrogen) atoms. The largest absolute Gasteiger partial charge is 0.319 e. The maximum absolute atomic E-state index is 3.11. The zero-order valence-corrected chi connectivity index (χ0v) is 7.35. The van der Waals surface area contributed by atoms with Crippen molar-refractivity contribution in [1.29, 1.82) is 0 Å². The molecule has 0 spiro atoms. The van der Waals surface area contributed by atoms with Gasteiger partial charge in [0, 0.05) is 0 Å². The van der Waals surface area contributed by atoms with E-state index in [2.05, 4.69) is 31.3 Å². The van der Waals surface area contributed by atoms with Crippen molar-refractivity contribution >= 4 is 0 Å². The van der Waals surface area contributed by atoms with Gasteiger partial charge in [-0.05, 0) is 25.9 Å². The topological polar surface area (TPSA) is 12.0 Å². The highest BCUT2D eigenvalue weighted by Gasteiger charge is 1.88. The molecule has 1 N–H and O–H groups in total. The molecule has 0 rings (SSSR count). The van der Waals surface area contributed by atoms with Crippen LogP contribution in [-0.2, 0) is 0 Å². The van der Waals surface area contributed by atoms with Crippen LogP contribution < -0.4 is 5.32 Å². The van der Waals surface area contributed by atoms with E-state index in [9.17, 15) is 0 Å². The average Bonchev–Trinajstić information content (AvgIpc) is 1.98. The molecule has 1 unspecified atom stereocenters. The van der Waals surface area contributed by atoms with Crippen molar-refractivity contribution in [2.45, 2.75) is 26.7 Å². The van der Waals surface area contributed by atoms with Crippen LogP contribution in [0.5, 0.6) is 0 Å². The second-order valence-corrected chi connectivity index (χ2v) is 2.71. The van der Waals surface area contributed by atoms with E-state index < -0.39 is 0 Å². The summed E-state index contributed by atoms with van der Waals surface area (Å²) in [5.74, 6) is 0.747.